The Morgan fingerprint density at radius 2 is 1.83 bits per heavy atom. The highest BCUT2D eigenvalue weighted by Crippen LogP contribution is 2.41. The van der Waals surface area contributed by atoms with Crippen LogP contribution in [0.5, 0.6) is 0 Å². The lowest BCUT2D eigenvalue weighted by atomic mass is 9.98. The van der Waals surface area contributed by atoms with E-state index in [1.807, 2.05) is 24.3 Å². The molecule has 1 aromatic heterocycles. The van der Waals surface area contributed by atoms with Gasteiger partial charge in [-0.25, -0.2) is 4.98 Å². The second-order valence-corrected chi connectivity index (χ2v) is 6.20. The standard InChI is InChI=1S/C17H11Cl2N5/c18-10-4-3-5-11(19)14(10)15-9(8-20)16(21)24-13-7-2-1-6-12(13)22-17(24)23-15/h1-7,15H,21H2,(H,22,23)/t15-/m0/s1. The number of nitrogens with one attached hydrogen (secondary N) is 1. The third-order valence-corrected chi connectivity index (χ3v) is 4.71. The molecule has 0 saturated carbocycles. The Morgan fingerprint density at radius 1 is 1.12 bits per heavy atom. The molecular formula is C17H11Cl2N5. The van der Waals surface area contributed by atoms with Crippen LogP contribution in [0.15, 0.2) is 48.0 Å². The van der Waals surface area contributed by atoms with Crippen LogP contribution in [0.1, 0.15) is 11.6 Å². The molecule has 0 aliphatic carbocycles. The van der Waals surface area contributed by atoms with E-state index in [1.54, 1.807) is 22.8 Å². The van der Waals surface area contributed by atoms with Crippen molar-refractivity contribution in [1.82, 2.24) is 9.55 Å². The zero-order valence-electron chi connectivity index (χ0n) is 12.3. The van der Waals surface area contributed by atoms with Gasteiger partial charge in [0.2, 0.25) is 5.95 Å². The first kappa shape index (κ1) is 14.9. The van der Waals surface area contributed by atoms with Crippen molar-refractivity contribution in [2.75, 3.05) is 5.32 Å². The van der Waals surface area contributed by atoms with Crippen LogP contribution in [0, 0.1) is 11.3 Å². The summed E-state index contributed by atoms with van der Waals surface area (Å²) in [7, 11) is 0. The largest absolute Gasteiger partial charge is 0.384 e. The van der Waals surface area contributed by atoms with Crippen LogP contribution >= 0.6 is 23.2 Å². The topological polar surface area (TPSA) is 79.7 Å². The molecule has 0 fully saturated rings. The third-order valence-electron chi connectivity index (χ3n) is 4.05. The van der Waals surface area contributed by atoms with Crippen LogP contribution in [0.2, 0.25) is 10.0 Å². The van der Waals surface area contributed by atoms with E-state index in [0.29, 0.717) is 33.0 Å². The number of rotatable bonds is 1. The summed E-state index contributed by atoms with van der Waals surface area (Å²) in [6.07, 6.45) is 0. The lowest BCUT2D eigenvalue weighted by Crippen LogP contribution is -2.26. The number of halogens is 2. The number of benzene rings is 2. The Kier molecular flexibility index (Phi) is 3.38. The van der Waals surface area contributed by atoms with E-state index in [1.165, 1.54) is 0 Å². The van der Waals surface area contributed by atoms with Gasteiger partial charge < -0.3 is 11.1 Å². The first-order valence-electron chi connectivity index (χ1n) is 7.20. The molecule has 0 unspecified atom stereocenters. The van der Waals surface area contributed by atoms with Gasteiger partial charge in [-0.2, -0.15) is 5.26 Å². The van der Waals surface area contributed by atoms with Gasteiger partial charge in [0, 0.05) is 15.6 Å². The zero-order chi connectivity index (χ0) is 16.8. The van der Waals surface area contributed by atoms with E-state index in [0.717, 1.165) is 11.0 Å². The minimum absolute atomic E-state index is 0.320. The summed E-state index contributed by atoms with van der Waals surface area (Å²) in [6, 6.07) is 14.4. The fourth-order valence-electron chi connectivity index (χ4n) is 2.96. The smallest absolute Gasteiger partial charge is 0.210 e. The first-order chi connectivity index (χ1) is 11.6. The summed E-state index contributed by atoms with van der Waals surface area (Å²) in [6.45, 7) is 0. The average molecular weight is 356 g/mol. The van der Waals surface area contributed by atoms with Crippen LogP contribution in [0.25, 0.3) is 16.9 Å². The minimum Gasteiger partial charge on any atom is -0.384 e. The molecule has 0 radical (unpaired) electrons. The highest BCUT2D eigenvalue weighted by atomic mass is 35.5. The van der Waals surface area contributed by atoms with Crippen LogP contribution in [0.3, 0.4) is 0 Å². The average Bonchev–Trinajstić information content (AvgIpc) is 2.93. The number of hydrogen-bond acceptors (Lipinski definition) is 4. The Labute approximate surface area is 147 Å². The number of fused-ring (bicyclic) bond motifs is 3. The molecule has 2 heterocycles. The van der Waals surface area contributed by atoms with Gasteiger partial charge in [-0.3, -0.25) is 4.57 Å². The molecule has 0 amide bonds. The van der Waals surface area contributed by atoms with E-state index in [4.69, 9.17) is 28.9 Å². The second-order valence-electron chi connectivity index (χ2n) is 5.38. The van der Waals surface area contributed by atoms with Gasteiger partial charge in [0.1, 0.15) is 11.9 Å². The zero-order valence-corrected chi connectivity index (χ0v) is 13.8. The van der Waals surface area contributed by atoms with E-state index in [9.17, 15) is 5.26 Å². The molecule has 118 valence electrons. The van der Waals surface area contributed by atoms with E-state index < -0.39 is 6.04 Å². The van der Waals surface area contributed by atoms with Crippen molar-refractivity contribution >= 4 is 46.0 Å². The highest BCUT2D eigenvalue weighted by molar-refractivity contribution is 6.36. The van der Waals surface area contributed by atoms with Crippen LogP contribution in [0.4, 0.5) is 5.95 Å². The number of nitrogens with two attached hydrogens (primary N) is 1. The Balaban J connectivity index is 1.98. The number of para-hydroxylation sites is 2. The summed E-state index contributed by atoms with van der Waals surface area (Å²) in [5.41, 5.74) is 8.86. The number of anilines is 1. The molecular weight excluding hydrogens is 345 g/mol. The number of imidazole rings is 1. The van der Waals surface area contributed by atoms with Gasteiger partial charge in [0.15, 0.2) is 0 Å². The van der Waals surface area contributed by atoms with Crippen molar-refractivity contribution in [2.45, 2.75) is 6.04 Å². The van der Waals surface area contributed by atoms with Crippen molar-refractivity contribution in [2.24, 2.45) is 5.73 Å². The Morgan fingerprint density at radius 3 is 2.54 bits per heavy atom. The molecule has 3 aromatic rings. The normalized spacial score (nSPS) is 16.6. The highest BCUT2D eigenvalue weighted by Gasteiger charge is 2.31. The first-order valence-corrected chi connectivity index (χ1v) is 7.95. The summed E-state index contributed by atoms with van der Waals surface area (Å²) >= 11 is 12.6. The molecule has 1 aliphatic heterocycles. The number of nitrogens with zero attached hydrogens (tertiary/aromatic N) is 3. The van der Waals surface area contributed by atoms with Crippen molar-refractivity contribution in [3.05, 3.63) is 63.6 Å². The van der Waals surface area contributed by atoms with E-state index in [2.05, 4.69) is 16.4 Å². The molecule has 0 saturated heterocycles. The lowest BCUT2D eigenvalue weighted by Gasteiger charge is -2.27. The van der Waals surface area contributed by atoms with E-state index in [-0.39, 0.29) is 0 Å². The fourth-order valence-corrected chi connectivity index (χ4v) is 3.58. The molecule has 0 spiro atoms. The molecule has 2 aromatic carbocycles. The molecule has 24 heavy (non-hydrogen) atoms. The summed E-state index contributed by atoms with van der Waals surface area (Å²) in [4.78, 5) is 4.55. The summed E-state index contributed by atoms with van der Waals surface area (Å²) in [5.74, 6) is 0.870. The number of nitriles is 1. The van der Waals surface area contributed by atoms with Crippen molar-refractivity contribution in [3.8, 4) is 6.07 Å². The fraction of sp³-hybridized carbons (Fsp3) is 0.0588. The quantitative estimate of drug-likeness (QED) is 0.686. The molecule has 3 N–H and O–H groups in total. The number of hydrogen-bond donors (Lipinski definition) is 2. The van der Waals surface area contributed by atoms with Gasteiger partial charge in [-0.15, -0.1) is 0 Å². The molecule has 1 atom stereocenters. The third kappa shape index (κ3) is 2.04. The number of aromatic nitrogens is 2. The lowest BCUT2D eigenvalue weighted by molar-refractivity contribution is 0.857. The second kappa shape index (κ2) is 5.45. The van der Waals surface area contributed by atoms with Gasteiger partial charge in [0.05, 0.1) is 22.6 Å². The predicted molar refractivity (Wildman–Crippen MR) is 95.6 cm³/mol. The molecule has 1 aliphatic rings. The van der Waals surface area contributed by atoms with Crippen LogP contribution < -0.4 is 11.1 Å². The summed E-state index contributed by atoms with van der Waals surface area (Å²) in [5, 5.41) is 13.8. The molecule has 4 rings (SSSR count). The maximum absolute atomic E-state index is 9.66. The predicted octanol–water partition coefficient (Wildman–Crippen LogP) is 4.16. The van der Waals surface area contributed by atoms with Crippen molar-refractivity contribution in [1.29, 1.82) is 5.26 Å². The summed E-state index contributed by atoms with van der Waals surface area (Å²) < 4.78 is 1.73. The van der Waals surface area contributed by atoms with E-state index >= 15 is 0 Å². The van der Waals surface area contributed by atoms with Crippen molar-refractivity contribution < 1.29 is 0 Å². The van der Waals surface area contributed by atoms with Gasteiger partial charge >= 0.3 is 0 Å². The minimum atomic E-state index is -0.555. The molecule has 7 heteroatoms. The van der Waals surface area contributed by atoms with Crippen LogP contribution in [-0.4, -0.2) is 9.55 Å². The maximum atomic E-state index is 9.66. The molecule has 0 bridgehead atoms. The van der Waals surface area contributed by atoms with Crippen molar-refractivity contribution in [3.63, 3.8) is 0 Å². The molecule has 5 nitrogen and oxygen atoms in total. The van der Waals surface area contributed by atoms with Crippen LogP contribution in [-0.2, 0) is 0 Å². The maximum Gasteiger partial charge on any atom is 0.210 e. The Hall–Kier alpha value is -2.68. The van der Waals surface area contributed by atoms with Gasteiger partial charge in [-0.05, 0) is 24.3 Å². The van der Waals surface area contributed by atoms with Gasteiger partial charge in [-0.1, -0.05) is 41.4 Å². The SMILES string of the molecule is N#CC1=C(N)n2c(nc3ccccc32)N[C@@H]1c1c(Cl)cccc1Cl. The monoisotopic (exact) mass is 355 g/mol. The Bertz CT molecular complexity index is 1020. The van der Waals surface area contributed by atoms with Gasteiger partial charge in [0.25, 0.3) is 0 Å².